The first-order valence-corrected chi connectivity index (χ1v) is 7.26. The summed E-state index contributed by atoms with van der Waals surface area (Å²) in [5, 5.41) is 0.760. The quantitative estimate of drug-likeness (QED) is 0.639. The molecule has 0 saturated carbocycles. The lowest BCUT2D eigenvalue weighted by Crippen LogP contribution is -2.10. The number of rotatable bonds is 5. The van der Waals surface area contributed by atoms with Crippen LogP contribution in [0.4, 0.5) is 0 Å². The molecule has 0 spiro atoms. The molecule has 0 atom stereocenters. The fraction of sp³-hybridized carbons (Fsp3) is 0.143. The SMILES string of the molecule is SC[Si]OC(c1ccccc1)c1ccccc1. The molecule has 0 amide bonds. The predicted octanol–water partition coefficient (Wildman–Crippen LogP) is 3.30. The zero-order chi connectivity index (χ0) is 11.9. The zero-order valence-corrected chi connectivity index (χ0v) is 11.3. The molecular formula is C14H14OSSi. The van der Waals surface area contributed by atoms with Gasteiger partial charge in [-0.25, -0.2) is 0 Å². The summed E-state index contributed by atoms with van der Waals surface area (Å²) in [5.74, 6) is 0. The molecule has 2 aromatic carbocycles. The molecule has 0 N–H and O–H groups in total. The van der Waals surface area contributed by atoms with Crippen LogP contribution in [-0.4, -0.2) is 15.1 Å². The second-order valence-corrected chi connectivity index (χ2v) is 5.41. The minimum Gasteiger partial charge on any atom is -0.406 e. The summed E-state index contributed by atoms with van der Waals surface area (Å²) in [6.07, 6.45) is 0.0166. The van der Waals surface area contributed by atoms with E-state index in [0.29, 0.717) is 9.76 Å². The summed E-state index contributed by atoms with van der Waals surface area (Å²) in [5.41, 5.74) is 2.38. The highest BCUT2D eigenvalue weighted by molar-refractivity contribution is 7.81. The topological polar surface area (TPSA) is 9.23 Å². The van der Waals surface area contributed by atoms with Gasteiger partial charge in [-0.2, -0.15) is 12.6 Å². The molecule has 0 aliphatic rings. The van der Waals surface area contributed by atoms with Crippen LogP contribution in [0.15, 0.2) is 60.7 Å². The second kappa shape index (κ2) is 6.64. The Labute approximate surface area is 110 Å². The number of thiol groups is 1. The van der Waals surface area contributed by atoms with E-state index in [0.717, 1.165) is 5.38 Å². The maximum atomic E-state index is 5.91. The van der Waals surface area contributed by atoms with Gasteiger partial charge in [0, 0.05) is 5.38 Å². The van der Waals surface area contributed by atoms with Crippen LogP contribution in [0.1, 0.15) is 17.2 Å². The monoisotopic (exact) mass is 258 g/mol. The molecule has 0 unspecified atom stereocenters. The van der Waals surface area contributed by atoms with Crippen molar-refractivity contribution < 1.29 is 4.43 Å². The van der Waals surface area contributed by atoms with Gasteiger partial charge in [-0.1, -0.05) is 60.7 Å². The average Bonchev–Trinajstić information content (AvgIpc) is 2.42. The van der Waals surface area contributed by atoms with E-state index in [1.54, 1.807) is 0 Å². The average molecular weight is 258 g/mol. The van der Waals surface area contributed by atoms with E-state index in [-0.39, 0.29) is 6.10 Å². The van der Waals surface area contributed by atoms with Crippen LogP contribution in [0.2, 0.25) is 0 Å². The Balaban J connectivity index is 2.26. The van der Waals surface area contributed by atoms with Gasteiger partial charge in [-0.3, -0.25) is 0 Å². The van der Waals surface area contributed by atoms with Crippen LogP contribution in [0, 0.1) is 0 Å². The molecule has 0 aliphatic carbocycles. The third kappa shape index (κ3) is 3.46. The van der Waals surface area contributed by atoms with Gasteiger partial charge in [0.25, 0.3) is 0 Å². The van der Waals surface area contributed by atoms with Crippen molar-refractivity contribution in [3.63, 3.8) is 0 Å². The summed E-state index contributed by atoms with van der Waals surface area (Å²) in [6, 6.07) is 20.6. The first-order chi connectivity index (χ1) is 8.42. The first-order valence-electron chi connectivity index (χ1n) is 5.51. The maximum absolute atomic E-state index is 5.91. The van der Waals surface area contributed by atoms with Crippen molar-refractivity contribution >= 4 is 22.4 Å². The van der Waals surface area contributed by atoms with Gasteiger partial charge >= 0.3 is 0 Å². The van der Waals surface area contributed by atoms with Gasteiger partial charge in [-0.05, 0) is 11.1 Å². The van der Waals surface area contributed by atoms with E-state index in [1.807, 2.05) is 36.4 Å². The van der Waals surface area contributed by atoms with Gasteiger partial charge in [0.05, 0.1) is 6.10 Å². The molecule has 0 fully saturated rings. The van der Waals surface area contributed by atoms with E-state index in [9.17, 15) is 0 Å². The minimum absolute atomic E-state index is 0.0166. The zero-order valence-electron chi connectivity index (χ0n) is 9.41. The lowest BCUT2D eigenvalue weighted by Gasteiger charge is -2.18. The fourth-order valence-electron chi connectivity index (χ4n) is 1.70. The first kappa shape index (κ1) is 12.4. The third-order valence-corrected chi connectivity index (χ3v) is 3.39. The Morgan fingerprint density at radius 2 is 1.35 bits per heavy atom. The van der Waals surface area contributed by atoms with Crippen molar-refractivity contribution in [1.82, 2.24) is 0 Å². The van der Waals surface area contributed by atoms with E-state index in [4.69, 9.17) is 4.43 Å². The molecule has 1 nitrogen and oxygen atoms in total. The van der Waals surface area contributed by atoms with E-state index >= 15 is 0 Å². The van der Waals surface area contributed by atoms with Crippen LogP contribution in [-0.2, 0) is 4.43 Å². The third-order valence-electron chi connectivity index (χ3n) is 2.47. The summed E-state index contributed by atoms with van der Waals surface area (Å²) in [7, 11) is 0.410. The molecule has 17 heavy (non-hydrogen) atoms. The molecule has 2 aromatic rings. The van der Waals surface area contributed by atoms with Crippen LogP contribution in [0.3, 0.4) is 0 Å². The van der Waals surface area contributed by atoms with Crippen molar-refractivity contribution in [3.05, 3.63) is 71.8 Å². The Morgan fingerprint density at radius 1 is 0.882 bits per heavy atom. The number of hydrogen-bond donors (Lipinski definition) is 1. The van der Waals surface area contributed by atoms with Crippen LogP contribution in [0.25, 0.3) is 0 Å². The Bertz CT molecular complexity index is 393. The molecular weight excluding hydrogens is 244 g/mol. The lowest BCUT2D eigenvalue weighted by atomic mass is 10.0. The normalized spacial score (nSPS) is 10.7. The molecule has 2 radical (unpaired) electrons. The molecule has 2 rings (SSSR count). The molecule has 0 saturated heterocycles. The van der Waals surface area contributed by atoms with E-state index < -0.39 is 0 Å². The van der Waals surface area contributed by atoms with Crippen LogP contribution >= 0.6 is 12.6 Å². The highest BCUT2D eigenvalue weighted by Gasteiger charge is 2.13. The Kier molecular flexibility index (Phi) is 4.85. The summed E-state index contributed by atoms with van der Waals surface area (Å²) in [6.45, 7) is 0. The number of benzene rings is 2. The van der Waals surface area contributed by atoms with Gasteiger partial charge in [0.2, 0.25) is 9.76 Å². The van der Waals surface area contributed by atoms with Crippen molar-refractivity contribution in [1.29, 1.82) is 0 Å². The summed E-state index contributed by atoms with van der Waals surface area (Å²) < 4.78 is 5.91. The molecule has 0 aromatic heterocycles. The van der Waals surface area contributed by atoms with Crippen molar-refractivity contribution in [3.8, 4) is 0 Å². The van der Waals surface area contributed by atoms with Crippen molar-refractivity contribution in [2.24, 2.45) is 0 Å². The van der Waals surface area contributed by atoms with Crippen LogP contribution in [0.5, 0.6) is 0 Å². The second-order valence-electron chi connectivity index (χ2n) is 3.62. The smallest absolute Gasteiger partial charge is 0.241 e. The minimum atomic E-state index is 0.0166. The van der Waals surface area contributed by atoms with Crippen molar-refractivity contribution in [2.45, 2.75) is 6.10 Å². The van der Waals surface area contributed by atoms with E-state index in [1.165, 1.54) is 11.1 Å². The van der Waals surface area contributed by atoms with Crippen molar-refractivity contribution in [2.75, 3.05) is 5.38 Å². The Morgan fingerprint density at radius 3 is 1.76 bits per heavy atom. The number of hydrogen-bond acceptors (Lipinski definition) is 2. The largest absolute Gasteiger partial charge is 0.406 e. The summed E-state index contributed by atoms with van der Waals surface area (Å²) in [4.78, 5) is 0. The Hall–Kier alpha value is -1.03. The highest BCUT2D eigenvalue weighted by Crippen LogP contribution is 2.25. The van der Waals surface area contributed by atoms with Gasteiger partial charge in [-0.15, -0.1) is 0 Å². The molecule has 3 heteroatoms. The van der Waals surface area contributed by atoms with Gasteiger partial charge in [0.15, 0.2) is 0 Å². The lowest BCUT2D eigenvalue weighted by molar-refractivity contribution is 0.263. The van der Waals surface area contributed by atoms with E-state index in [2.05, 4.69) is 36.9 Å². The maximum Gasteiger partial charge on any atom is 0.241 e. The van der Waals surface area contributed by atoms with Gasteiger partial charge < -0.3 is 4.43 Å². The predicted molar refractivity (Wildman–Crippen MR) is 75.4 cm³/mol. The fourth-order valence-corrected chi connectivity index (χ4v) is 2.44. The van der Waals surface area contributed by atoms with Gasteiger partial charge in [0.1, 0.15) is 0 Å². The highest BCUT2D eigenvalue weighted by atomic mass is 32.1. The molecule has 86 valence electrons. The standard InChI is InChI=1S/C14H14OSSi/c16-11-17-15-14(12-7-3-1-4-8-12)13-9-5-2-6-10-13/h1-10,14,16H,11H2. The molecule has 0 bridgehead atoms. The van der Waals surface area contributed by atoms with Crippen LogP contribution < -0.4 is 0 Å². The summed E-state index contributed by atoms with van der Waals surface area (Å²) >= 11 is 4.21. The molecule has 0 heterocycles. The molecule has 0 aliphatic heterocycles.